The van der Waals surface area contributed by atoms with Gasteiger partial charge in [-0.15, -0.1) is 0 Å². The number of benzene rings is 2. The minimum absolute atomic E-state index is 0.195. The molecule has 2 N–H and O–H groups in total. The second kappa shape index (κ2) is 6.92. The smallest absolute Gasteiger partial charge is 0.131 e. The molecule has 0 aliphatic heterocycles. The van der Waals surface area contributed by atoms with E-state index in [1.165, 1.54) is 6.07 Å². The van der Waals surface area contributed by atoms with E-state index in [0.29, 0.717) is 11.1 Å². The zero-order valence-electron chi connectivity index (χ0n) is 12.2. The second-order valence-electron chi connectivity index (χ2n) is 4.80. The second-order valence-corrected chi connectivity index (χ2v) is 4.80. The molecule has 2 nitrogen and oxygen atoms in total. The summed E-state index contributed by atoms with van der Waals surface area (Å²) in [4.78, 5) is 0. The Kier molecular flexibility index (Phi) is 4.97. The van der Waals surface area contributed by atoms with Crippen LogP contribution >= 0.6 is 0 Å². The molecule has 0 aliphatic carbocycles. The van der Waals surface area contributed by atoms with Gasteiger partial charge in [-0.05, 0) is 43.2 Å². The molecule has 0 radical (unpaired) electrons. The molecule has 0 fully saturated rings. The van der Waals surface area contributed by atoms with Crippen molar-refractivity contribution in [3.8, 4) is 17.6 Å². The number of ether oxygens (including phenoxy) is 1. The lowest BCUT2D eigenvalue weighted by Gasteiger charge is -2.11. The van der Waals surface area contributed by atoms with Gasteiger partial charge in [-0.2, -0.15) is 0 Å². The average Bonchev–Trinajstić information content (AvgIpc) is 2.48. The fraction of sp³-hybridized carbons (Fsp3) is 0.222. The summed E-state index contributed by atoms with van der Waals surface area (Å²) in [6.07, 6.45) is 0. The van der Waals surface area contributed by atoms with Crippen molar-refractivity contribution in [2.75, 3.05) is 6.54 Å². The van der Waals surface area contributed by atoms with Crippen molar-refractivity contribution >= 4 is 0 Å². The summed E-state index contributed by atoms with van der Waals surface area (Å²) < 4.78 is 19.7. The third-order valence-electron chi connectivity index (χ3n) is 3.33. The number of rotatable bonds is 3. The molecule has 0 aromatic heterocycles. The molecule has 0 heterocycles. The summed E-state index contributed by atoms with van der Waals surface area (Å²) in [6.45, 7) is 4.47. The van der Waals surface area contributed by atoms with Crippen molar-refractivity contribution < 1.29 is 9.13 Å². The SMILES string of the molecule is Cc1cccc(OCc2ccc(C#CCN)cc2F)c1C. The Balaban J connectivity index is 2.12. The summed E-state index contributed by atoms with van der Waals surface area (Å²) >= 11 is 0. The zero-order chi connectivity index (χ0) is 15.2. The molecule has 3 heteroatoms. The van der Waals surface area contributed by atoms with Crippen molar-refractivity contribution in [2.45, 2.75) is 20.5 Å². The minimum atomic E-state index is -0.316. The van der Waals surface area contributed by atoms with Gasteiger partial charge in [0.1, 0.15) is 18.2 Å². The van der Waals surface area contributed by atoms with Crippen molar-refractivity contribution in [1.82, 2.24) is 0 Å². The predicted octanol–water partition coefficient (Wildman–Crippen LogP) is 3.33. The summed E-state index contributed by atoms with van der Waals surface area (Å²) in [5, 5.41) is 0. The molecule has 2 rings (SSSR count). The Morgan fingerprint density at radius 2 is 2.00 bits per heavy atom. The van der Waals surface area contributed by atoms with Gasteiger partial charge in [-0.3, -0.25) is 0 Å². The van der Waals surface area contributed by atoms with E-state index in [-0.39, 0.29) is 19.0 Å². The third-order valence-corrected chi connectivity index (χ3v) is 3.33. The Bertz CT molecular complexity index is 698. The first-order valence-corrected chi connectivity index (χ1v) is 6.78. The summed E-state index contributed by atoms with van der Waals surface area (Å²) in [5.41, 5.74) is 8.65. The number of hydrogen-bond donors (Lipinski definition) is 1. The van der Waals surface area contributed by atoms with Crippen LogP contribution in [-0.2, 0) is 6.61 Å². The van der Waals surface area contributed by atoms with Crippen LogP contribution in [0.5, 0.6) is 5.75 Å². The summed E-state index contributed by atoms with van der Waals surface area (Å²) in [7, 11) is 0. The molecule has 108 valence electrons. The van der Waals surface area contributed by atoms with Crippen LogP contribution in [0.2, 0.25) is 0 Å². The van der Waals surface area contributed by atoms with Gasteiger partial charge in [-0.1, -0.05) is 30.0 Å². The number of aryl methyl sites for hydroxylation is 1. The minimum Gasteiger partial charge on any atom is -0.489 e. The highest BCUT2D eigenvalue weighted by Crippen LogP contribution is 2.22. The highest BCUT2D eigenvalue weighted by Gasteiger charge is 2.06. The van der Waals surface area contributed by atoms with E-state index in [0.717, 1.165) is 16.9 Å². The molecule has 21 heavy (non-hydrogen) atoms. The van der Waals surface area contributed by atoms with Crippen LogP contribution in [0.25, 0.3) is 0 Å². The molecule has 0 unspecified atom stereocenters. The van der Waals surface area contributed by atoms with E-state index in [9.17, 15) is 4.39 Å². The number of halogens is 1. The van der Waals surface area contributed by atoms with Crippen molar-refractivity contribution in [3.05, 3.63) is 64.5 Å². The van der Waals surface area contributed by atoms with Gasteiger partial charge in [0.2, 0.25) is 0 Å². The first-order chi connectivity index (χ1) is 10.1. The standard InChI is InChI=1S/C18H18FNO/c1-13-5-3-7-18(14(13)2)21-12-16-9-8-15(6-4-10-20)11-17(16)19/h3,5,7-9,11H,10,12,20H2,1-2H3. The number of nitrogens with two attached hydrogens (primary N) is 1. The van der Waals surface area contributed by atoms with Gasteiger partial charge in [-0.25, -0.2) is 4.39 Å². The van der Waals surface area contributed by atoms with Crippen LogP contribution in [-0.4, -0.2) is 6.54 Å². The first kappa shape index (κ1) is 15.1. The van der Waals surface area contributed by atoms with Crippen molar-refractivity contribution in [3.63, 3.8) is 0 Å². The van der Waals surface area contributed by atoms with Gasteiger partial charge < -0.3 is 10.5 Å². The highest BCUT2D eigenvalue weighted by atomic mass is 19.1. The highest BCUT2D eigenvalue weighted by molar-refractivity contribution is 5.39. The van der Waals surface area contributed by atoms with Crippen LogP contribution in [0.1, 0.15) is 22.3 Å². The molecule has 0 saturated heterocycles. The topological polar surface area (TPSA) is 35.2 Å². The van der Waals surface area contributed by atoms with Crippen LogP contribution in [0.4, 0.5) is 4.39 Å². The monoisotopic (exact) mass is 283 g/mol. The first-order valence-electron chi connectivity index (χ1n) is 6.78. The Morgan fingerprint density at radius 1 is 1.19 bits per heavy atom. The molecule has 0 aliphatic rings. The van der Waals surface area contributed by atoms with Gasteiger partial charge in [0.15, 0.2) is 0 Å². The van der Waals surface area contributed by atoms with Gasteiger partial charge in [0, 0.05) is 11.1 Å². The Morgan fingerprint density at radius 3 is 2.71 bits per heavy atom. The largest absolute Gasteiger partial charge is 0.489 e. The van der Waals surface area contributed by atoms with E-state index in [1.54, 1.807) is 12.1 Å². The fourth-order valence-corrected chi connectivity index (χ4v) is 1.93. The molecule has 0 bridgehead atoms. The lowest BCUT2D eigenvalue weighted by Crippen LogP contribution is -2.01. The van der Waals surface area contributed by atoms with E-state index < -0.39 is 0 Å². The molecule has 0 amide bonds. The maximum Gasteiger partial charge on any atom is 0.131 e. The summed E-state index contributed by atoms with van der Waals surface area (Å²) in [6, 6.07) is 10.7. The van der Waals surface area contributed by atoms with Gasteiger partial charge >= 0.3 is 0 Å². The summed E-state index contributed by atoms with van der Waals surface area (Å²) in [5.74, 6) is 5.97. The fourth-order valence-electron chi connectivity index (χ4n) is 1.93. The Labute approximate surface area is 124 Å². The van der Waals surface area contributed by atoms with E-state index >= 15 is 0 Å². The molecule has 0 spiro atoms. The van der Waals surface area contributed by atoms with Crippen LogP contribution in [0.3, 0.4) is 0 Å². The molecule has 0 atom stereocenters. The van der Waals surface area contributed by atoms with Crippen molar-refractivity contribution in [1.29, 1.82) is 0 Å². The van der Waals surface area contributed by atoms with Crippen LogP contribution in [0, 0.1) is 31.5 Å². The van der Waals surface area contributed by atoms with E-state index in [4.69, 9.17) is 10.5 Å². The quantitative estimate of drug-likeness (QED) is 0.877. The van der Waals surface area contributed by atoms with Gasteiger partial charge in [0.05, 0.1) is 6.54 Å². The lowest BCUT2D eigenvalue weighted by molar-refractivity contribution is 0.297. The Hall–Kier alpha value is -2.31. The van der Waals surface area contributed by atoms with Crippen molar-refractivity contribution in [2.24, 2.45) is 5.73 Å². The van der Waals surface area contributed by atoms with Gasteiger partial charge in [0.25, 0.3) is 0 Å². The van der Waals surface area contributed by atoms with E-state index in [1.807, 2.05) is 32.0 Å². The normalized spacial score (nSPS) is 9.90. The van der Waals surface area contributed by atoms with Crippen LogP contribution < -0.4 is 10.5 Å². The van der Waals surface area contributed by atoms with E-state index in [2.05, 4.69) is 11.8 Å². The molecule has 2 aromatic carbocycles. The number of hydrogen-bond acceptors (Lipinski definition) is 2. The lowest BCUT2D eigenvalue weighted by atomic mass is 10.1. The predicted molar refractivity (Wildman–Crippen MR) is 82.6 cm³/mol. The molecule has 0 saturated carbocycles. The average molecular weight is 283 g/mol. The molecular weight excluding hydrogens is 265 g/mol. The third kappa shape index (κ3) is 3.84. The maximum atomic E-state index is 14.0. The zero-order valence-corrected chi connectivity index (χ0v) is 12.2. The molecule has 2 aromatic rings. The van der Waals surface area contributed by atoms with Crippen LogP contribution in [0.15, 0.2) is 36.4 Å². The molecular formula is C18H18FNO. The maximum absolute atomic E-state index is 14.0.